The molecule has 94 valence electrons. The second kappa shape index (κ2) is 5.67. The van der Waals surface area contributed by atoms with Gasteiger partial charge < -0.3 is 5.32 Å². The second-order valence-corrected chi connectivity index (χ2v) is 4.99. The molecule has 0 fully saturated rings. The summed E-state index contributed by atoms with van der Waals surface area (Å²) >= 11 is 8.70. The fourth-order valence-corrected chi connectivity index (χ4v) is 2.00. The molecule has 1 nitrogen and oxygen atoms in total. The molecular formula is C13H9BrClF2N. The highest BCUT2D eigenvalue weighted by atomic mass is 79.9. The molecule has 2 aromatic carbocycles. The van der Waals surface area contributed by atoms with Gasteiger partial charge in [0, 0.05) is 12.2 Å². The average Bonchev–Trinajstić information content (AvgIpc) is 2.35. The fraction of sp³-hybridized carbons (Fsp3) is 0.0769. The maximum absolute atomic E-state index is 13.2. The molecule has 2 rings (SSSR count). The lowest BCUT2D eigenvalue weighted by Crippen LogP contribution is -2.00. The highest BCUT2D eigenvalue weighted by Gasteiger charge is 2.03. The summed E-state index contributed by atoms with van der Waals surface area (Å²) in [6.45, 7) is 0.472. The number of nitrogens with one attached hydrogen (secondary N) is 1. The van der Waals surface area contributed by atoms with Gasteiger partial charge in [-0.1, -0.05) is 17.7 Å². The summed E-state index contributed by atoms with van der Waals surface area (Å²) in [4.78, 5) is 0. The zero-order valence-corrected chi connectivity index (χ0v) is 11.5. The number of rotatable bonds is 3. The molecule has 0 unspecified atom stereocenters. The summed E-state index contributed by atoms with van der Waals surface area (Å²) in [6.07, 6.45) is 0. The number of anilines is 1. The Balaban J connectivity index is 2.06. The molecule has 0 saturated carbocycles. The third-order valence-electron chi connectivity index (χ3n) is 2.40. The lowest BCUT2D eigenvalue weighted by molar-refractivity contribution is 0.620. The van der Waals surface area contributed by atoms with Gasteiger partial charge in [-0.3, -0.25) is 0 Å². The van der Waals surface area contributed by atoms with Gasteiger partial charge >= 0.3 is 0 Å². The molecule has 0 heterocycles. The van der Waals surface area contributed by atoms with E-state index in [1.165, 1.54) is 18.2 Å². The molecule has 0 amide bonds. The van der Waals surface area contributed by atoms with Crippen molar-refractivity contribution in [1.82, 2.24) is 0 Å². The smallest absolute Gasteiger partial charge is 0.143 e. The maximum Gasteiger partial charge on any atom is 0.143 e. The molecule has 0 bridgehead atoms. The van der Waals surface area contributed by atoms with Gasteiger partial charge in [-0.2, -0.15) is 0 Å². The van der Waals surface area contributed by atoms with Crippen molar-refractivity contribution in [2.75, 3.05) is 5.32 Å². The van der Waals surface area contributed by atoms with E-state index in [0.717, 1.165) is 5.56 Å². The van der Waals surface area contributed by atoms with Crippen LogP contribution in [0.4, 0.5) is 14.5 Å². The van der Waals surface area contributed by atoms with Gasteiger partial charge in [0.15, 0.2) is 0 Å². The van der Waals surface area contributed by atoms with Crippen LogP contribution in [0.25, 0.3) is 0 Å². The van der Waals surface area contributed by atoms with Crippen LogP contribution in [0, 0.1) is 11.6 Å². The van der Waals surface area contributed by atoms with Gasteiger partial charge in [0.2, 0.25) is 0 Å². The Labute approximate surface area is 117 Å². The maximum atomic E-state index is 13.2. The summed E-state index contributed by atoms with van der Waals surface area (Å²) < 4.78 is 26.6. The average molecular weight is 333 g/mol. The first-order valence-electron chi connectivity index (χ1n) is 5.19. The van der Waals surface area contributed by atoms with Crippen molar-refractivity contribution in [3.63, 3.8) is 0 Å². The van der Waals surface area contributed by atoms with E-state index < -0.39 is 5.82 Å². The molecule has 1 N–H and O–H groups in total. The SMILES string of the molecule is Fc1cc(NCc2ccc(F)c(Br)c2)ccc1Cl. The molecule has 0 saturated heterocycles. The lowest BCUT2D eigenvalue weighted by Gasteiger charge is -2.07. The van der Waals surface area contributed by atoms with E-state index in [1.807, 2.05) is 0 Å². The minimum Gasteiger partial charge on any atom is -0.381 e. The number of benzene rings is 2. The van der Waals surface area contributed by atoms with E-state index in [1.54, 1.807) is 18.2 Å². The molecule has 0 aliphatic heterocycles. The highest BCUT2D eigenvalue weighted by Crippen LogP contribution is 2.20. The molecule has 5 heteroatoms. The van der Waals surface area contributed by atoms with Crippen LogP contribution in [0.15, 0.2) is 40.9 Å². The fourth-order valence-electron chi connectivity index (χ4n) is 1.46. The van der Waals surface area contributed by atoms with Crippen LogP contribution < -0.4 is 5.32 Å². The number of halogens is 4. The standard InChI is InChI=1S/C13H9BrClF2N/c14-10-5-8(1-4-12(10)16)7-18-9-2-3-11(15)13(17)6-9/h1-6,18H,7H2. The van der Waals surface area contributed by atoms with Crippen LogP contribution >= 0.6 is 27.5 Å². The summed E-state index contributed by atoms with van der Waals surface area (Å²) in [5.41, 5.74) is 1.51. The molecule has 0 spiro atoms. The van der Waals surface area contributed by atoms with E-state index in [-0.39, 0.29) is 10.8 Å². The predicted octanol–water partition coefficient (Wildman–Crippen LogP) is 4.99. The number of hydrogen-bond donors (Lipinski definition) is 1. The van der Waals surface area contributed by atoms with Crippen molar-refractivity contribution >= 4 is 33.2 Å². The normalized spacial score (nSPS) is 10.4. The van der Waals surface area contributed by atoms with Gasteiger partial charge in [-0.15, -0.1) is 0 Å². The van der Waals surface area contributed by atoms with Crippen LogP contribution in [0.1, 0.15) is 5.56 Å². The molecule has 0 aliphatic rings. The van der Waals surface area contributed by atoms with Crippen molar-refractivity contribution in [2.45, 2.75) is 6.54 Å². The first-order chi connectivity index (χ1) is 8.56. The third-order valence-corrected chi connectivity index (χ3v) is 3.31. The topological polar surface area (TPSA) is 12.0 Å². The van der Waals surface area contributed by atoms with E-state index >= 15 is 0 Å². The molecule has 2 aromatic rings. The summed E-state index contributed by atoms with van der Waals surface area (Å²) in [5, 5.41) is 3.12. The molecule has 0 aromatic heterocycles. The van der Waals surface area contributed by atoms with Crippen LogP contribution in [0.3, 0.4) is 0 Å². The van der Waals surface area contributed by atoms with Gasteiger partial charge in [-0.25, -0.2) is 8.78 Å². The predicted molar refractivity (Wildman–Crippen MR) is 72.8 cm³/mol. The van der Waals surface area contributed by atoms with Gasteiger partial charge in [0.25, 0.3) is 0 Å². The Morgan fingerprint density at radius 1 is 1.06 bits per heavy atom. The van der Waals surface area contributed by atoms with Crippen molar-refractivity contribution in [3.05, 3.63) is 63.1 Å². The Bertz CT molecular complexity index is 523. The quantitative estimate of drug-likeness (QED) is 0.834. The molecule has 0 radical (unpaired) electrons. The zero-order chi connectivity index (χ0) is 13.1. The molecule has 18 heavy (non-hydrogen) atoms. The van der Waals surface area contributed by atoms with Gasteiger partial charge in [0.1, 0.15) is 11.6 Å². The Morgan fingerprint density at radius 2 is 1.83 bits per heavy atom. The van der Waals surface area contributed by atoms with E-state index in [0.29, 0.717) is 16.7 Å². The van der Waals surface area contributed by atoms with Crippen LogP contribution in [-0.2, 0) is 6.54 Å². The zero-order valence-electron chi connectivity index (χ0n) is 9.18. The summed E-state index contributed by atoms with van der Waals surface area (Å²) in [5.74, 6) is -0.779. The first-order valence-corrected chi connectivity index (χ1v) is 6.36. The van der Waals surface area contributed by atoms with Crippen LogP contribution in [-0.4, -0.2) is 0 Å². The van der Waals surface area contributed by atoms with Crippen molar-refractivity contribution in [2.24, 2.45) is 0 Å². The summed E-state index contributed by atoms with van der Waals surface area (Å²) in [7, 11) is 0. The van der Waals surface area contributed by atoms with Crippen LogP contribution in [0.2, 0.25) is 5.02 Å². The van der Waals surface area contributed by atoms with E-state index in [2.05, 4.69) is 21.2 Å². The minimum absolute atomic E-state index is 0.0880. The molecule has 0 aliphatic carbocycles. The Hall–Kier alpha value is -1.13. The number of hydrogen-bond acceptors (Lipinski definition) is 1. The lowest BCUT2D eigenvalue weighted by atomic mass is 10.2. The van der Waals surface area contributed by atoms with Gasteiger partial charge in [0.05, 0.1) is 9.50 Å². The Morgan fingerprint density at radius 3 is 2.50 bits per heavy atom. The van der Waals surface area contributed by atoms with Crippen molar-refractivity contribution < 1.29 is 8.78 Å². The van der Waals surface area contributed by atoms with Crippen molar-refractivity contribution in [1.29, 1.82) is 0 Å². The Kier molecular flexibility index (Phi) is 4.19. The highest BCUT2D eigenvalue weighted by molar-refractivity contribution is 9.10. The third kappa shape index (κ3) is 3.21. The second-order valence-electron chi connectivity index (χ2n) is 3.73. The van der Waals surface area contributed by atoms with E-state index in [9.17, 15) is 8.78 Å². The van der Waals surface area contributed by atoms with E-state index in [4.69, 9.17) is 11.6 Å². The van der Waals surface area contributed by atoms with Crippen molar-refractivity contribution in [3.8, 4) is 0 Å². The van der Waals surface area contributed by atoms with Gasteiger partial charge in [-0.05, 0) is 51.8 Å². The largest absolute Gasteiger partial charge is 0.381 e. The molecular weight excluding hydrogens is 324 g/mol. The summed E-state index contributed by atoms with van der Waals surface area (Å²) in [6, 6.07) is 9.21. The minimum atomic E-state index is -0.470. The monoisotopic (exact) mass is 331 g/mol. The van der Waals surface area contributed by atoms with Crippen LogP contribution in [0.5, 0.6) is 0 Å². The first kappa shape index (κ1) is 13.3. The molecule has 0 atom stereocenters.